The van der Waals surface area contributed by atoms with Gasteiger partial charge in [-0.25, -0.2) is 8.42 Å². The fraction of sp³-hybridized carbons (Fsp3) is 0.316. The van der Waals surface area contributed by atoms with Gasteiger partial charge in [-0.3, -0.25) is 4.79 Å². The first-order valence-corrected chi connectivity index (χ1v) is 9.61. The molecule has 140 valence electrons. The van der Waals surface area contributed by atoms with Gasteiger partial charge in [0, 0.05) is 0 Å². The molecule has 2 rings (SSSR count). The van der Waals surface area contributed by atoms with Crippen molar-refractivity contribution in [2.75, 3.05) is 14.2 Å². The Hall–Kier alpha value is -2.38. The quantitative estimate of drug-likeness (QED) is 0.752. The largest absolute Gasteiger partial charge is 0.497 e. The van der Waals surface area contributed by atoms with Gasteiger partial charge in [-0.05, 0) is 41.3 Å². The number of carbonyl (C=O) groups excluding carboxylic acids is 1. The molecule has 0 aliphatic carbocycles. The summed E-state index contributed by atoms with van der Waals surface area (Å²) in [6.45, 7) is 3.49. The van der Waals surface area contributed by atoms with Gasteiger partial charge >= 0.3 is 5.97 Å². The van der Waals surface area contributed by atoms with Crippen LogP contribution >= 0.6 is 0 Å². The van der Waals surface area contributed by atoms with Gasteiger partial charge in [0.15, 0.2) is 0 Å². The lowest BCUT2D eigenvalue weighted by Gasteiger charge is -2.19. The third-order valence-electron chi connectivity index (χ3n) is 3.99. The Labute approximate surface area is 154 Å². The SMILES string of the molecule is COc1ccc(-c2ccc(S(=O)(=O)N[C@H](C(=O)O[11CH3])C(C)C)cc2)cc1. The number of carbonyl (C=O) groups is 1. The maximum atomic E-state index is 12.6. The molecule has 0 aliphatic rings. The smallest absolute Gasteiger partial charge is 0.324 e. The fourth-order valence-corrected chi connectivity index (χ4v) is 3.76. The number of hydrogen-bond acceptors (Lipinski definition) is 5. The van der Waals surface area contributed by atoms with Crippen LogP contribution in [-0.4, -0.2) is 34.6 Å². The predicted octanol–water partition coefficient (Wildman–Crippen LogP) is 2.84. The van der Waals surface area contributed by atoms with Gasteiger partial charge in [0.25, 0.3) is 0 Å². The molecule has 0 saturated carbocycles. The number of rotatable bonds is 7. The number of ether oxygens (including phenoxy) is 2. The Morgan fingerprint density at radius 2 is 1.42 bits per heavy atom. The van der Waals surface area contributed by atoms with E-state index in [1.54, 1.807) is 33.1 Å². The molecule has 0 spiro atoms. The van der Waals surface area contributed by atoms with E-state index in [1.165, 1.54) is 19.2 Å². The molecule has 0 radical (unpaired) electrons. The summed E-state index contributed by atoms with van der Waals surface area (Å²) in [4.78, 5) is 11.9. The third kappa shape index (κ3) is 4.62. The average Bonchev–Trinajstić information content (AvgIpc) is 2.65. The molecule has 26 heavy (non-hydrogen) atoms. The van der Waals surface area contributed by atoms with Crippen molar-refractivity contribution in [2.45, 2.75) is 24.8 Å². The van der Waals surface area contributed by atoms with Crippen LogP contribution < -0.4 is 9.46 Å². The van der Waals surface area contributed by atoms with Crippen LogP contribution in [0.2, 0.25) is 0 Å². The summed E-state index contributed by atoms with van der Waals surface area (Å²) in [5.74, 6) is -0.103. The minimum atomic E-state index is -3.84. The Bertz CT molecular complexity index is 843. The highest BCUT2D eigenvalue weighted by Gasteiger charge is 2.29. The molecule has 0 fully saturated rings. The van der Waals surface area contributed by atoms with Gasteiger partial charge in [-0.1, -0.05) is 38.1 Å². The Morgan fingerprint density at radius 1 is 0.923 bits per heavy atom. The normalized spacial score (nSPS) is 12.7. The average molecular weight is 376 g/mol. The number of methoxy groups -OCH3 is 2. The van der Waals surface area contributed by atoms with Crippen LogP contribution in [0.25, 0.3) is 11.1 Å². The third-order valence-corrected chi connectivity index (χ3v) is 5.45. The van der Waals surface area contributed by atoms with Crippen molar-refractivity contribution in [3.63, 3.8) is 0 Å². The van der Waals surface area contributed by atoms with E-state index < -0.39 is 22.0 Å². The molecule has 2 aromatic rings. The van der Waals surface area contributed by atoms with E-state index in [2.05, 4.69) is 9.46 Å². The lowest BCUT2D eigenvalue weighted by atomic mass is 10.1. The van der Waals surface area contributed by atoms with Gasteiger partial charge in [0.1, 0.15) is 11.8 Å². The fourth-order valence-electron chi connectivity index (χ4n) is 2.43. The Balaban J connectivity index is 2.23. The minimum absolute atomic E-state index is 0.0873. The van der Waals surface area contributed by atoms with E-state index in [4.69, 9.17) is 4.74 Å². The number of sulfonamides is 1. The van der Waals surface area contributed by atoms with Gasteiger partial charge in [-0.2, -0.15) is 4.72 Å². The Morgan fingerprint density at radius 3 is 1.85 bits per heavy atom. The molecule has 0 saturated heterocycles. The molecule has 6 nitrogen and oxygen atoms in total. The molecule has 2 aromatic carbocycles. The molecule has 0 aliphatic heterocycles. The monoisotopic (exact) mass is 376 g/mol. The second kappa shape index (κ2) is 8.33. The van der Waals surface area contributed by atoms with Crippen LogP contribution in [0.4, 0.5) is 0 Å². The van der Waals surface area contributed by atoms with Crippen molar-refractivity contribution in [2.24, 2.45) is 5.92 Å². The summed E-state index contributed by atoms with van der Waals surface area (Å²) in [5, 5.41) is 0. The van der Waals surface area contributed by atoms with Crippen LogP contribution in [0.5, 0.6) is 5.75 Å². The zero-order valence-corrected chi connectivity index (χ0v) is 16.0. The standard InChI is InChI=1S/C19H23NO5S/c1-13(2)18(19(21)25-4)20-26(22,23)17-11-7-15(8-12-17)14-5-9-16(24-3)10-6-14/h5-13,18,20H,1-4H3/t18-/m0/s1/i4-1. The molecule has 0 amide bonds. The van der Waals surface area contributed by atoms with Crippen molar-refractivity contribution in [1.29, 1.82) is 0 Å². The summed E-state index contributed by atoms with van der Waals surface area (Å²) in [6.07, 6.45) is 0. The van der Waals surface area contributed by atoms with Crippen LogP contribution in [-0.2, 0) is 19.6 Å². The van der Waals surface area contributed by atoms with Gasteiger partial charge in [-0.15, -0.1) is 0 Å². The number of hydrogen-bond donors (Lipinski definition) is 1. The van der Waals surface area contributed by atoms with Crippen molar-refractivity contribution >= 4 is 16.0 Å². The van der Waals surface area contributed by atoms with E-state index in [1.807, 2.05) is 24.3 Å². The molecular weight excluding hydrogens is 353 g/mol. The van der Waals surface area contributed by atoms with E-state index >= 15 is 0 Å². The topological polar surface area (TPSA) is 81.7 Å². The highest BCUT2D eigenvalue weighted by molar-refractivity contribution is 7.89. The lowest BCUT2D eigenvalue weighted by Crippen LogP contribution is -2.44. The molecule has 0 aromatic heterocycles. The zero-order valence-electron chi connectivity index (χ0n) is 15.2. The summed E-state index contributed by atoms with van der Waals surface area (Å²) < 4.78 is 37.3. The first kappa shape index (κ1) is 19.9. The van der Waals surface area contributed by atoms with E-state index in [-0.39, 0.29) is 10.8 Å². The van der Waals surface area contributed by atoms with Crippen molar-refractivity contribution in [1.82, 2.24) is 4.72 Å². The predicted molar refractivity (Wildman–Crippen MR) is 99.4 cm³/mol. The molecule has 0 unspecified atom stereocenters. The lowest BCUT2D eigenvalue weighted by molar-refractivity contribution is -0.143. The molecule has 7 heteroatoms. The molecule has 0 heterocycles. The second-order valence-corrected chi connectivity index (χ2v) is 7.83. The molecule has 1 N–H and O–H groups in total. The van der Waals surface area contributed by atoms with Crippen molar-refractivity contribution < 1.29 is 22.7 Å². The van der Waals surface area contributed by atoms with Gasteiger partial charge in [0.2, 0.25) is 10.0 Å². The van der Waals surface area contributed by atoms with E-state index in [0.29, 0.717) is 0 Å². The van der Waals surface area contributed by atoms with Gasteiger partial charge < -0.3 is 9.47 Å². The summed E-state index contributed by atoms with van der Waals surface area (Å²) >= 11 is 0. The van der Waals surface area contributed by atoms with Crippen molar-refractivity contribution in [3.8, 4) is 16.9 Å². The van der Waals surface area contributed by atoms with Crippen LogP contribution in [0.1, 0.15) is 13.8 Å². The molecule has 0 bridgehead atoms. The second-order valence-electron chi connectivity index (χ2n) is 6.12. The zero-order chi connectivity index (χ0) is 19.3. The summed E-state index contributed by atoms with van der Waals surface area (Å²) in [7, 11) is -1.01. The van der Waals surface area contributed by atoms with Crippen LogP contribution in [0, 0.1) is 5.92 Å². The van der Waals surface area contributed by atoms with E-state index in [9.17, 15) is 13.2 Å². The molecule has 1 atom stereocenters. The number of nitrogens with one attached hydrogen (secondary N) is 1. The highest BCUT2D eigenvalue weighted by Crippen LogP contribution is 2.24. The van der Waals surface area contributed by atoms with E-state index in [0.717, 1.165) is 16.9 Å². The van der Waals surface area contributed by atoms with Crippen LogP contribution in [0.3, 0.4) is 0 Å². The summed E-state index contributed by atoms with van der Waals surface area (Å²) in [5.41, 5.74) is 1.82. The van der Waals surface area contributed by atoms with Crippen molar-refractivity contribution in [3.05, 3.63) is 48.5 Å². The van der Waals surface area contributed by atoms with Crippen LogP contribution in [0.15, 0.2) is 53.4 Å². The Kier molecular flexibility index (Phi) is 6.39. The highest BCUT2D eigenvalue weighted by atomic mass is 32.2. The maximum absolute atomic E-state index is 12.6. The first-order valence-electron chi connectivity index (χ1n) is 8.13. The van der Waals surface area contributed by atoms with Gasteiger partial charge in [0.05, 0.1) is 19.1 Å². The minimum Gasteiger partial charge on any atom is -0.497 e. The first-order chi connectivity index (χ1) is 12.3. The maximum Gasteiger partial charge on any atom is 0.324 e. The molecular formula is C19H23NO5S. The summed E-state index contributed by atoms with van der Waals surface area (Å²) in [6, 6.07) is 13.0. The number of benzene rings is 2. The number of esters is 1.